The van der Waals surface area contributed by atoms with E-state index in [0.717, 1.165) is 11.8 Å². The summed E-state index contributed by atoms with van der Waals surface area (Å²) in [5.41, 5.74) is 0.137. The lowest BCUT2D eigenvalue weighted by atomic mass is 10.1. The van der Waals surface area contributed by atoms with E-state index in [4.69, 9.17) is 4.74 Å². The van der Waals surface area contributed by atoms with Gasteiger partial charge in [0.05, 0.1) is 5.56 Å². The Morgan fingerprint density at radius 3 is 2.24 bits per heavy atom. The average molecular weight is 423 g/mol. The lowest BCUT2D eigenvalue weighted by Gasteiger charge is -2.37. The van der Waals surface area contributed by atoms with E-state index < -0.39 is 17.3 Å². The predicted molar refractivity (Wildman–Crippen MR) is 94.1 cm³/mol. The summed E-state index contributed by atoms with van der Waals surface area (Å²) < 4.78 is 44.0. The second kappa shape index (κ2) is 7.43. The van der Waals surface area contributed by atoms with E-state index >= 15 is 0 Å². The van der Waals surface area contributed by atoms with Crippen LogP contribution in [0.25, 0.3) is 0 Å². The van der Waals surface area contributed by atoms with Crippen molar-refractivity contribution >= 4 is 27.7 Å². The van der Waals surface area contributed by atoms with E-state index in [1.165, 1.54) is 12.1 Å². The van der Waals surface area contributed by atoms with Crippen molar-refractivity contribution in [3.8, 4) is 0 Å². The maximum atomic E-state index is 12.9. The molecule has 1 fully saturated rings. The molecular weight excluding hydrogens is 401 g/mol. The molecule has 1 amide bonds. The highest BCUT2D eigenvalue weighted by molar-refractivity contribution is 9.08. The number of anilines is 1. The van der Waals surface area contributed by atoms with Gasteiger partial charge in [-0.25, -0.2) is 4.79 Å². The number of hydrogen-bond donors (Lipinski definition) is 0. The quantitative estimate of drug-likeness (QED) is 0.649. The Balaban J connectivity index is 2.07. The largest absolute Gasteiger partial charge is 0.444 e. The van der Waals surface area contributed by atoms with Gasteiger partial charge in [-0.15, -0.1) is 0 Å². The SMILES string of the molecule is CC(C)(C)OC(=O)N1CCN(c2ccc(C(F)(F)F)cc2CBr)CC1. The summed E-state index contributed by atoms with van der Waals surface area (Å²) in [4.78, 5) is 15.7. The molecule has 2 rings (SSSR count). The molecule has 140 valence electrons. The Kier molecular flexibility index (Phi) is 5.91. The minimum absolute atomic E-state index is 0.332. The third-order valence-electron chi connectivity index (χ3n) is 3.82. The maximum absolute atomic E-state index is 12.9. The number of carbonyl (C=O) groups is 1. The zero-order valence-electron chi connectivity index (χ0n) is 14.5. The van der Waals surface area contributed by atoms with Gasteiger partial charge in [0.25, 0.3) is 0 Å². The Bertz CT molecular complexity index is 621. The molecule has 0 atom stereocenters. The first-order chi connectivity index (χ1) is 11.5. The van der Waals surface area contributed by atoms with Crippen molar-refractivity contribution in [3.63, 3.8) is 0 Å². The number of rotatable bonds is 2. The van der Waals surface area contributed by atoms with Gasteiger partial charge in [-0.05, 0) is 44.5 Å². The third-order valence-corrected chi connectivity index (χ3v) is 4.43. The zero-order valence-corrected chi connectivity index (χ0v) is 16.1. The molecule has 1 aliphatic rings. The maximum Gasteiger partial charge on any atom is 0.416 e. The highest BCUT2D eigenvalue weighted by Crippen LogP contribution is 2.34. The molecule has 0 radical (unpaired) electrons. The molecule has 0 N–H and O–H groups in total. The Labute approximate surface area is 154 Å². The summed E-state index contributed by atoms with van der Waals surface area (Å²) in [6.07, 6.45) is -4.72. The topological polar surface area (TPSA) is 32.8 Å². The van der Waals surface area contributed by atoms with Crippen LogP contribution in [-0.4, -0.2) is 42.8 Å². The summed E-state index contributed by atoms with van der Waals surface area (Å²) in [5, 5.41) is 0.332. The molecule has 0 aliphatic carbocycles. The van der Waals surface area contributed by atoms with E-state index in [1.54, 1.807) is 4.90 Å². The van der Waals surface area contributed by atoms with Crippen molar-refractivity contribution in [2.24, 2.45) is 0 Å². The van der Waals surface area contributed by atoms with Crippen LogP contribution in [0.4, 0.5) is 23.7 Å². The zero-order chi connectivity index (χ0) is 18.8. The van der Waals surface area contributed by atoms with Gasteiger partial charge < -0.3 is 14.5 Å². The van der Waals surface area contributed by atoms with Crippen LogP contribution in [0.2, 0.25) is 0 Å². The van der Waals surface area contributed by atoms with Crippen LogP contribution in [0, 0.1) is 0 Å². The number of nitrogens with zero attached hydrogens (tertiary/aromatic N) is 2. The van der Waals surface area contributed by atoms with Gasteiger partial charge in [0, 0.05) is 37.2 Å². The first-order valence-electron chi connectivity index (χ1n) is 8.00. The number of alkyl halides is 4. The van der Waals surface area contributed by atoms with Gasteiger partial charge in [-0.2, -0.15) is 13.2 Å². The number of carbonyl (C=O) groups excluding carboxylic acids is 1. The molecule has 1 saturated heterocycles. The van der Waals surface area contributed by atoms with Crippen molar-refractivity contribution in [1.29, 1.82) is 0 Å². The third kappa shape index (κ3) is 5.26. The first-order valence-corrected chi connectivity index (χ1v) is 9.12. The molecule has 0 unspecified atom stereocenters. The Morgan fingerprint density at radius 2 is 1.76 bits per heavy atom. The lowest BCUT2D eigenvalue weighted by molar-refractivity contribution is -0.137. The van der Waals surface area contributed by atoms with Gasteiger partial charge in [-0.1, -0.05) is 15.9 Å². The minimum Gasteiger partial charge on any atom is -0.444 e. The normalized spacial score (nSPS) is 16.1. The monoisotopic (exact) mass is 422 g/mol. The molecule has 4 nitrogen and oxygen atoms in total. The molecule has 8 heteroatoms. The molecule has 1 aromatic carbocycles. The fourth-order valence-electron chi connectivity index (χ4n) is 2.63. The summed E-state index contributed by atoms with van der Waals surface area (Å²) in [7, 11) is 0. The number of ether oxygens (including phenoxy) is 1. The molecule has 1 aromatic rings. The number of piperazine rings is 1. The van der Waals surface area contributed by atoms with Crippen molar-refractivity contribution in [3.05, 3.63) is 29.3 Å². The van der Waals surface area contributed by atoms with Crippen LogP contribution in [0.15, 0.2) is 18.2 Å². The molecule has 1 heterocycles. The van der Waals surface area contributed by atoms with Crippen LogP contribution in [0.1, 0.15) is 31.9 Å². The van der Waals surface area contributed by atoms with Gasteiger partial charge in [0.1, 0.15) is 5.60 Å². The lowest BCUT2D eigenvalue weighted by Crippen LogP contribution is -2.50. The van der Waals surface area contributed by atoms with Crippen molar-refractivity contribution in [2.45, 2.75) is 37.9 Å². The fourth-order valence-corrected chi connectivity index (χ4v) is 3.08. The van der Waals surface area contributed by atoms with Gasteiger partial charge in [0.15, 0.2) is 0 Å². The standard InChI is InChI=1S/C17H22BrF3N2O2/c1-16(2,3)25-15(24)23-8-6-22(7-9-23)14-5-4-13(17(19,20)21)10-12(14)11-18/h4-5,10H,6-9,11H2,1-3H3. The van der Waals surface area contributed by atoms with Gasteiger partial charge in [0.2, 0.25) is 0 Å². The van der Waals surface area contributed by atoms with Crippen LogP contribution in [-0.2, 0) is 16.2 Å². The van der Waals surface area contributed by atoms with Crippen LogP contribution in [0.3, 0.4) is 0 Å². The van der Waals surface area contributed by atoms with Gasteiger partial charge in [-0.3, -0.25) is 0 Å². The van der Waals surface area contributed by atoms with E-state index in [2.05, 4.69) is 15.9 Å². The highest BCUT2D eigenvalue weighted by atomic mass is 79.9. The number of halogens is 4. The Hall–Kier alpha value is -1.44. The van der Waals surface area contributed by atoms with E-state index in [9.17, 15) is 18.0 Å². The van der Waals surface area contributed by atoms with E-state index in [1.807, 2.05) is 25.7 Å². The van der Waals surface area contributed by atoms with E-state index in [0.29, 0.717) is 37.1 Å². The molecular formula is C17H22BrF3N2O2. The number of amides is 1. The smallest absolute Gasteiger partial charge is 0.416 e. The number of benzene rings is 1. The van der Waals surface area contributed by atoms with E-state index in [-0.39, 0.29) is 6.09 Å². The molecule has 25 heavy (non-hydrogen) atoms. The summed E-state index contributed by atoms with van der Waals surface area (Å²) in [6.45, 7) is 7.47. The first kappa shape index (κ1) is 19.9. The van der Waals surface area contributed by atoms with Crippen LogP contribution >= 0.6 is 15.9 Å². The summed E-state index contributed by atoms with van der Waals surface area (Å²) in [5.74, 6) is 0. The summed E-state index contributed by atoms with van der Waals surface area (Å²) in [6, 6.07) is 3.77. The van der Waals surface area contributed by atoms with Crippen LogP contribution in [0.5, 0.6) is 0 Å². The van der Waals surface area contributed by atoms with Crippen molar-refractivity contribution in [1.82, 2.24) is 4.90 Å². The minimum atomic E-state index is -4.36. The van der Waals surface area contributed by atoms with Crippen molar-refractivity contribution < 1.29 is 22.7 Å². The molecule has 0 bridgehead atoms. The summed E-state index contributed by atoms with van der Waals surface area (Å²) >= 11 is 3.27. The highest BCUT2D eigenvalue weighted by Gasteiger charge is 2.32. The predicted octanol–water partition coefficient (Wildman–Crippen LogP) is 4.66. The molecule has 1 aliphatic heterocycles. The fraction of sp³-hybridized carbons (Fsp3) is 0.588. The van der Waals surface area contributed by atoms with Gasteiger partial charge >= 0.3 is 12.3 Å². The van der Waals surface area contributed by atoms with Crippen LogP contribution < -0.4 is 4.90 Å². The average Bonchev–Trinajstić information content (AvgIpc) is 2.52. The molecule has 0 saturated carbocycles. The molecule has 0 aromatic heterocycles. The second-order valence-corrected chi connectivity index (χ2v) is 7.49. The second-order valence-electron chi connectivity index (χ2n) is 6.93. The Morgan fingerprint density at radius 1 is 1.16 bits per heavy atom. The van der Waals surface area contributed by atoms with Crippen molar-refractivity contribution in [2.75, 3.05) is 31.1 Å². The number of hydrogen-bond acceptors (Lipinski definition) is 3. The molecule has 0 spiro atoms.